The quantitative estimate of drug-likeness (QED) is 0.497. The van der Waals surface area contributed by atoms with Crippen LogP contribution in [0.1, 0.15) is 28.9 Å². The predicted octanol–water partition coefficient (Wildman–Crippen LogP) is 3.44. The van der Waals surface area contributed by atoms with Crippen LogP contribution in [0.25, 0.3) is 11.2 Å². The van der Waals surface area contributed by atoms with Crippen molar-refractivity contribution in [3.05, 3.63) is 60.0 Å². The SMILES string of the molecule is COC1=C(c2nn(CCN3CCC(F)(F)C3)cc2NC(=O)c2cnn3cccnc23)CC(Cl)C=C1. The molecule has 0 saturated carbocycles. The van der Waals surface area contributed by atoms with Crippen molar-refractivity contribution in [3.8, 4) is 0 Å². The molecule has 0 bridgehead atoms. The number of ether oxygens (including phenoxy) is 1. The van der Waals surface area contributed by atoms with Gasteiger partial charge in [0.25, 0.3) is 11.8 Å². The van der Waals surface area contributed by atoms with Gasteiger partial charge in [-0.2, -0.15) is 10.2 Å². The predicted molar refractivity (Wildman–Crippen MR) is 126 cm³/mol. The van der Waals surface area contributed by atoms with Crippen molar-refractivity contribution in [2.75, 3.05) is 32.1 Å². The number of rotatable bonds is 7. The molecule has 1 atom stereocenters. The van der Waals surface area contributed by atoms with Gasteiger partial charge >= 0.3 is 0 Å². The number of nitrogens with one attached hydrogen (secondary N) is 1. The summed E-state index contributed by atoms with van der Waals surface area (Å²) in [5.74, 6) is -2.45. The van der Waals surface area contributed by atoms with Crippen LogP contribution in [0.5, 0.6) is 0 Å². The Morgan fingerprint density at radius 1 is 1.37 bits per heavy atom. The molecule has 1 amide bonds. The summed E-state index contributed by atoms with van der Waals surface area (Å²) in [4.78, 5) is 19.1. The van der Waals surface area contributed by atoms with Crippen molar-refractivity contribution in [3.63, 3.8) is 0 Å². The van der Waals surface area contributed by atoms with Gasteiger partial charge in [0.15, 0.2) is 5.65 Å². The molecule has 184 valence electrons. The van der Waals surface area contributed by atoms with E-state index >= 15 is 0 Å². The number of carbonyl (C=O) groups excluding carboxylic acids is 1. The monoisotopic (exact) mass is 503 g/mol. The van der Waals surface area contributed by atoms with Gasteiger partial charge in [-0.15, -0.1) is 11.6 Å². The van der Waals surface area contributed by atoms with Crippen LogP contribution in [0, 0.1) is 0 Å². The third-order valence-electron chi connectivity index (χ3n) is 6.09. The van der Waals surface area contributed by atoms with Crippen LogP contribution in [0.15, 0.2) is 48.8 Å². The van der Waals surface area contributed by atoms with Crippen molar-refractivity contribution in [2.45, 2.75) is 30.7 Å². The highest BCUT2D eigenvalue weighted by Crippen LogP contribution is 2.35. The fourth-order valence-electron chi connectivity index (χ4n) is 4.33. The molecule has 3 aromatic rings. The molecule has 35 heavy (non-hydrogen) atoms. The number of fused-ring (bicyclic) bond motifs is 1. The second-order valence-corrected chi connectivity index (χ2v) is 9.12. The van der Waals surface area contributed by atoms with Gasteiger partial charge in [-0.25, -0.2) is 18.3 Å². The molecule has 0 spiro atoms. The zero-order chi connectivity index (χ0) is 24.6. The summed E-state index contributed by atoms with van der Waals surface area (Å²) in [5.41, 5.74) is 2.45. The highest BCUT2D eigenvalue weighted by atomic mass is 35.5. The number of carbonyl (C=O) groups is 1. The van der Waals surface area contributed by atoms with E-state index in [0.29, 0.717) is 54.4 Å². The summed E-state index contributed by atoms with van der Waals surface area (Å²) in [6.45, 7) is 0.873. The molecule has 12 heteroatoms. The number of anilines is 1. The number of likely N-dealkylation sites (tertiary alicyclic amines) is 1. The number of allylic oxidation sites excluding steroid dienone is 3. The van der Waals surface area contributed by atoms with Crippen molar-refractivity contribution in [1.29, 1.82) is 0 Å². The van der Waals surface area contributed by atoms with Gasteiger partial charge in [-0.3, -0.25) is 14.4 Å². The largest absolute Gasteiger partial charge is 0.496 e. The van der Waals surface area contributed by atoms with Gasteiger partial charge in [-0.1, -0.05) is 6.08 Å². The molecule has 1 aliphatic carbocycles. The zero-order valence-electron chi connectivity index (χ0n) is 19.0. The van der Waals surface area contributed by atoms with Crippen LogP contribution in [-0.4, -0.2) is 73.2 Å². The van der Waals surface area contributed by atoms with E-state index in [-0.39, 0.29) is 18.3 Å². The van der Waals surface area contributed by atoms with E-state index in [1.54, 1.807) is 47.4 Å². The van der Waals surface area contributed by atoms with Crippen molar-refractivity contribution in [2.24, 2.45) is 0 Å². The second kappa shape index (κ2) is 9.38. The molecule has 0 radical (unpaired) electrons. The number of hydrogen-bond donors (Lipinski definition) is 1. The van der Waals surface area contributed by atoms with Gasteiger partial charge < -0.3 is 10.1 Å². The van der Waals surface area contributed by atoms with Crippen LogP contribution in [0.4, 0.5) is 14.5 Å². The molecular formula is C23H24ClF2N7O2. The lowest BCUT2D eigenvalue weighted by molar-refractivity contribution is 0.0119. The Bertz CT molecular complexity index is 1320. The van der Waals surface area contributed by atoms with E-state index < -0.39 is 11.8 Å². The van der Waals surface area contributed by atoms with Crippen molar-refractivity contribution >= 4 is 34.4 Å². The molecule has 1 N–H and O–H groups in total. The van der Waals surface area contributed by atoms with Gasteiger partial charge in [0.1, 0.15) is 17.0 Å². The fourth-order valence-corrected chi connectivity index (χ4v) is 4.56. The second-order valence-electron chi connectivity index (χ2n) is 8.56. The van der Waals surface area contributed by atoms with Crippen LogP contribution in [-0.2, 0) is 11.3 Å². The number of methoxy groups -OCH3 is 1. The molecule has 1 aliphatic heterocycles. The van der Waals surface area contributed by atoms with E-state index in [2.05, 4.69) is 20.5 Å². The first-order valence-electron chi connectivity index (χ1n) is 11.2. The normalized spacial score (nSPS) is 20.1. The molecule has 4 heterocycles. The first-order valence-corrected chi connectivity index (χ1v) is 11.6. The van der Waals surface area contributed by atoms with E-state index in [0.717, 1.165) is 5.57 Å². The van der Waals surface area contributed by atoms with E-state index in [1.165, 1.54) is 10.7 Å². The lowest BCUT2D eigenvalue weighted by atomic mass is 9.99. The number of hydrogen-bond acceptors (Lipinski definition) is 6. The topological polar surface area (TPSA) is 89.6 Å². The summed E-state index contributed by atoms with van der Waals surface area (Å²) >= 11 is 6.37. The number of alkyl halides is 3. The Hall–Kier alpha value is -3.31. The van der Waals surface area contributed by atoms with Crippen molar-refractivity contribution in [1.82, 2.24) is 29.3 Å². The molecule has 1 saturated heterocycles. The third kappa shape index (κ3) is 4.92. The molecule has 1 fully saturated rings. The van der Waals surface area contributed by atoms with Gasteiger partial charge in [-0.05, 0) is 18.6 Å². The van der Waals surface area contributed by atoms with Gasteiger partial charge in [0.2, 0.25) is 0 Å². The maximum atomic E-state index is 13.6. The maximum Gasteiger partial charge on any atom is 0.261 e. The summed E-state index contributed by atoms with van der Waals surface area (Å²) in [6, 6.07) is 1.72. The minimum absolute atomic E-state index is 0.139. The van der Waals surface area contributed by atoms with Gasteiger partial charge in [0.05, 0.1) is 37.5 Å². The zero-order valence-corrected chi connectivity index (χ0v) is 19.8. The van der Waals surface area contributed by atoms with Crippen LogP contribution in [0.2, 0.25) is 0 Å². The van der Waals surface area contributed by atoms with E-state index in [1.807, 2.05) is 6.08 Å². The Balaban J connectivity index is 1.44. The molecule has 1 unspecified atom stereocenters. The first-order chi connectivity index (χ1) is 16.8. The fraction of sp³-hybridized carbons (Fsp3) is 0.391. The lowest BCUT2D eigenvalue weighted by Crippen LogP contribution is -2.28. The average molecular weight is 504 g/mol. The highest BCUT2D eigenvalue weighted by molar-refractivity contribution is 6.22. The Kier molecular flexibility index (Phi) is 6.28. The molecule has 2 aliphatic rings. The number of amides is 1. The van der Waals surface area contributed by atoms with Crippen molar-refractivity contribution < 1.29 is 18.3 Å². The minimum Gasteiger partial charge on any atom is -0.496 e. The van der Waals surface area contributed by atoms with Crippen LogP contribution >= 0.6 is 11.6 Å². The average Bonchev–Trinajstić information content (AvgIpc) is 3.54. The summed E-state index contributed by atoms with van der Waals surface area (Å²) < 4.78 is 35.8. The minimum atomic E-state index is -2.65. The first kappa shape index (κ1) is 23.4. The molecule has 9 nitrogen and oxygen atoms in total. The third-order valence-corrected chi connectivity index (χ3v) is 6.39. The summed E-state index contributed by atoms with van der Waals surface area (Å²) in [5, 5.41) is 11.5. The summed E-state index contributed by atoms with van der Waals surface area (Å²) in [6.07, 6.45) is 10.4. The number of aromatic nitrogens is 5. The van der Waals surface area contributed by atoms with Gasteiger partial charge in [0, 0.05) is 43.7 Å². The molecule has 0 aromatic carbocycles. The maximum absolute atomic E-state index is 13.6. The lowest BCUT2D eigenvalue weighted by Gasteiger charge is -2.18. The number of nitrogens with zero attached hydrogens (tertiary/aromatic N) is 6. The highest BCUT2D eigenvalue weighted by Gasteiger charge is 2.37. The number of halogens is 3. The van der Waals surface area contributed by atoms with Crippen LogP contribution < -0.4 is 5.32 Å². The summed E-state index contributed by atoms with van der Waals surface area (Å²) in [7, 11) is 1.56. The Labute approximate surface area is 205 Å². The molecular weight excluding hydrogens is 480 g/mol. The smallest absolute Gasteiger partial charge is 0.261 e. The van der Waals surface area contributed by atoms with E-state index in [9.17, 15) is 13.6 Å². The Morgan fingerprint density at radius 3 is 3.00 bits per heavy atom. The Morgan fingerprint density at radius 2 is 2.23 bits per heavy atom. The van der Waals surface area contributed by atoms with Crippen LogP contribution in [0.3, 0.4) is 0 Å². The molecule has 5 rings (SSSR count). The molecule has 3 aromatic heterocycles. The standard InChI is InChI=1S/C23H24ClF2N7O2/c1-35-19-4-3-15(24)11-16(19)20-18(13-32(30-20)10-9-31-8-5-23(25,26)14-31)29-22(34)17-12-28-33-7-2-6-27-21(17)33/h2-4,6-7,12-13,15H,5,8-11,14H2,1H3,(H,29,34). The van der Waals surface area contributed by atoms with E-state index in [4.69, 9.17) is 16.3 Å².